The van der Waals surface area contributed by atoms with Gasteiger partial charge in [0, 0.05) is 39.3 Å². The van der Waals surface area contributed by atoms with Gasteiger partial charge in [-0.05, 0) is 6.42 Å². The molecule has 1 unspecified atom stereocenters. The molecule has 0 aromatic rings. The van der Waals surface area contributed by atoms with E-state index in [4.69, 9.17) is 9.47 Å². The average molecular weight is 216 g/mol. The van der Waals surface area contributed by atoms with E-state index in [-0.39, 0.29) is 0 Å². The van der Waals surface area contributed by atoms with E-state index in [1.54, 1.807) is 7.11 Å². The molecular formula is C11H24N2O2. The molecular weight excluding hydrogens is 192 g/mol. The second-order valence-corrected chi connectivity index (χ2v) is 3.91. The molecule has 1 atom stereocenters. The van der Waals surface area contributed by atoms with Crippen molar-refractivity contribution in [3.63, 3.8) is 0 Å². The first-order chi connectivity index (χ1) is 7.38. The number of ether oxygens (including phenoxy) is 2. The number of rotatable bonds is 7. The van der Waals surface area contributed by atoms with Crippen LogP contribution in [0.5, 0.6) is 0 Å². The Bertz CT molecular complexity index is 156. The summed E-state index contributed by atoms with van der Waals surface area (Å²) in [6, 6.07) is 0.685. The van der Waals surface area contributed by atoms with Crippen molar-refractivity contribution in [2.24, 2.45) is 0 Å². The zero-order valence-electron chi connectivity index (χ0n) is 10.00. The summed E-state index contributed by atoms with van der Waals surface area (Å²) >= 11 is 0. The standard InChI is InChI=1S/C11H24N2O2/c1-3-11-10-12-4-5-13(11)6-7-15-9-8-14-2/h11-12H,3-10H2,1-2H3. The summed E-state index contributed by atoms with van der Waals surface area (Å²) in [5.41, 5.74) is 0. The number of nitrogens with one attached hydrogen (secondary N) is 1. The van der Waals surface area contributed by atoms with Gasteiger partial charge in [-0.1, -0.05) is 6.92 Å². The second-order valence-electron chi connectivity index (χ2n) is 3.91. The first kappa shape index (κ1) is 12.9. The van der Waals surface area contributed by atoms with Crippen molar-refractivity contribution >= 4 is 0 Å². The van der Waals surface area contributed by atoms with Crippen LogP contribution in [0.1, 0.15) is 13.3 Å². The van der Waals surface area contributed by atoms with E-state index in [0.717, 1.165) is 32.8 Å². The maximum absolute atomic E-state index is 5.48. The van der Waals surface area contributed by atoms with Gasteiger partial charge in [0.25, 0.3) is 0 Å². The SMILES string of the molecule is CCC1CNCCN1CCOCCOC. The molecule has 0 radical (unpaired) electrons. The minimum atomic E-state index is 0.685. The molecule has 1 heterocycles. The van der Waals surface area contributed by atoms with Crippen molar-refractivity contribution < 1.29 is 9.47 Å². The Labute approximate surface area is 92.9 Å². The Morgan fingerprint density at radius 2 is 2.20 bits per heavy atom. The summed E-state index contributed by atoms with van der Waals surface area (Å²) in [5.74, 6) is 0. The molecule has 1 rings (SSSR count). The van der Waals surface area contributed by atoms with Gasteiger partial charge >= 0.3 is 0 Å². The van der Waals surface area contributed by atoms with Crippen LogP contribution in [0.4, 0.5) is 0 Å². The second kappa shape index (κ2) is 8.05. The summed E-state index contributed by atoms with van der Waals surface area (Å²) in [6.07, 6.45) is 1.21. The highest BCUT2D eigenvalue weighted by atomic mass is 16.5. The number of hydrogen-bond donors (Lipinski definition) is 1. The summed E-state index contributed by atoms with van der Waals surface area (Å²) < 4.78 is 10.4. The minimum absolute atomic E-state index is 0.685. The van der Waals surface area contributed by atoms with E-state index in [1.165, 1.54) is 6.42 Å². The van der Waals surface area contributed by atoms with Crippen LogP contribution in [0.2, 0.25) is 0 Å². The van der Waals surface area contributed by atoms with E-state index in [2.05, 4.69) is 17.1 Å². The zero-order valence-corrected chi connectivity index (χ0v) is 10.00. The molecule has 4 heteroatoms. The van der Waals surface area contributed by atoms with E-state index >= 15 is 0 Å². The van der Waals surface area contributed by atoms with Crippen LogP contribution in [-0.2, 0) is 9.47 Å². The molecule has 1 fully saturated rings. The molecule has 0 amide bonds. The molecule has 1 aliphatic heterocycles. The third-order valence-electron chi connectivity index (χ3n) is 2.90. The summed E-state index contributed by atoms with van der Waals surface area (Å²) in [6.45, 7) is 8.88. The smallest absolute Gasteiger partial charge is 0.0700 e. The third kappa shape index (κ3) is 4.93. The molecule has 0 aromatic heterocycles. The van der Waals surface area contributed by atoms with Crippen molar-refractivity contribution in [1.29, 1.82) is 0 Å². The van der Waals surface area contributed by atoms with Crippen molar-refractivity contribution in [3.05, 3.63) is 0 Å². The van der Waals surface area contributed by atoms with E-state index in [0.29, 0.717) is 19.3 Å². The lowest BCUT2D eigenvalue weighted by molar-refractivity contribution is 0.0445. The van der Waals surface area contributed by atoms with Gasteiger partial charge in [0.1, 0.15) is 0 Å². The average Bonchev–Trinajstić information content (AvgIpc) is 2.29. The Kier molecular flexibility index (Phi) is 6.92. The van der Waals surface area contributed by atoms with E-state index < -0.39 is 0 Å². The van der Waals surface area contributed by atoms with Gasteiger partial charge < -0.3 is 14.8 Å². The van der Waals surface area contributed by atoms with Crippen LogP contribution in [0.25, 0.3) is 0 Å². The van der Waals surface area contributed by atoms with Crippen molar-refractivity contribution in [2.45, 2.75) is 19.4 Å². The lowest BCUT2D eigenvalue weighted by Gasteiger charge is -2.35. The van der Waals surface area contributed by atoms with Crippen molar-refractivity contribution in [3.8, 4) is 0 Å². The maximum Gasteiger partial charge on any atom is 0.0700 e. The maximum atomic E-state index is 5.48. The monoisotopic (exact) mass is 216 g/mol. The molecule has 0 spiro atoms. The fourth-order valence-electron chi connectivity index (χ4n) is 1.93. The molecule has 0 aliphatic carbocycles. The van der Waals surface area contributed by atoms with Gasteiger partial charge in [-0.2, -0.15) is 0 Å². The van der Waals surface area contributed by atoms with Crippen molar-refractivity contribution in [1.82, 2.24) is 10.2 Å². The molecule has 1 aliphatic rings. The normalized spacial score (nSPS) is 23.2. The predicted octanol–water partition coefficient (Wildman–Crippen LogP) is 0.333. The molecule has 0 saturated carbocycles. The van der Waals surface area contributed by atoms with Gasteiger partial charge in [-0.15, -0.1) is 0 Å². The van der Waals surface area contributed by atoms with Gasteiger partial charge in [-0.25, -0.2) is 0 Å². The van der Waals surface area contributed by atoms with Gasteiger partial charge in [0.15, 0.2) is 0 Å². The van der Waals surface area contributed by atoms with Crippen LogP contribution in [0.3, 0.4) is 0 Å². The molecule has 0 bridgehead atoms. The van der Waals surface area contributed by atoms with Gasteiger partial charge in [0.2, 0.25) is 0 Å². The lowest BCUT2D eigenvalue weighted by Crippen LogP contribution is -2.51. The van der Waals surface area contributed by atoms with Crippen LogP contribution in [0, 0.1) is 0 Å². The molecule has 1 N–H and O–H groups in total. The number of piperazine rings is 1. The zero-order chi connectivity index (χ0) is 10.9. The number of nitrogens with zero attached hydrogens (tertiary/aromatic N) is 1. The summed E-state index contributed by atoms with van der Waals surface area (Å²) in [4.78, 5) is 2.52. The summed E-state index contributed by atoms with van der Waals surface area (Å²) in [7, 11) is 1.70. The highest BCUT2D eigenvalue weighted by Gasteiger charge is 2.19. The Hall–Kier alpha value is -0.160. The largest absolute Gasteiger partial charge is 0.382 e. The number of hydrogen-bond acceptors (Lipinski definition) is 4. The van der Waals surface area contributed by atoms with E-state index in [1.807, 2.05) is 0 Å². The lowest BCUT2D eigenvalue weighted by atomic mass is 10.1. The Balaban J connectivity index is 2.07. The molecule has 4 nitrogen and oxygen atoms in total. The predicted molar refractivity (Wildman–Crippen MR) is 61.2 cm³/mol. The van der Waals surface area contributed by atoms with Gasteiger partial charge in [-0.3, -0.25) is 4.90 Å². The van der Waals surface area contributed by atoms with Crippen LogP contribution >= 0.6 is 0 Å². The first-order valence-corrected chi connectivity index (χ1v) is 5.90. The molecule has 90 valence electrons. The van der Waals surface area contributed by atoms with Gasteiger partial charge in [0.05, 0.1) is 19.8 Å². The highest BCUT2D eigenvalue weighted by Crippen LogP contribution is 2.05. The first-order valence-electron chi connectivity index (χ1n) is 5.90. The van der Waals surface area contributed by atoms with Crippen molar-refractivity contribution in [2.75, 3.05) is 53.1 Å². The molecule has 15 heavy (non-hydrogen) atoms. The Morgan fingerprint density at radius 3 is 2.93 bits per heavy atom. The minimum Gasteiger partial charge on any atom is -0.382 e. The van der Waals surface area contributed by atoms with E-state index in [9.17, 15) is 0 Å². The van der Waals surface area contributed by atoms with Crippen LogP contribution < -0.4 is 5.32 Å². The fourth-order valence-corrected chi connectivity index (χ4v) is 1.93. The summed E-state index contributed by atoms with van der Waals surface area (Å²) in [5, 5.41) is 3.42. The van der Waals surface area contributed by atoms with Crippen LogP contribution in [-0.4, -0.2) is 64.1 Å². The highest BCUT2D eigenvalue weighted by molar-refractivity contribution is 4.78. The molecule has 0 aromatic carbocycles. The topological polar surface area (TPSA) is 33.7 Å². The Morgan fingerprint density at radius 1 is 1.33 bits per heavy atom. The van der Waals surface area contributed by atoms with Crippen LogP contribution in [0.15, 0.2) is 0 Å². The number of methoxy groups -OCH3 is 1. The third-order valence-corrected chi connectivity index (χ3v) is 2.90. The fraction of sp³-hybridized carbons (Fsp3) is 1.00. The quantitative estimate of drug-likeness (QED) is 0.622. The molecule has 1 saturated heterocycles.